The molecule has 1 fully saturated rings. The van der Waals surface area contributed by atoms with Gasteiger partial charge in [-0.2, -0.15) is 13.2 Å². The Bertz CT molecular complexity index is 778. The van der Waals surface area contributed by atoms with Crippen molar-refractivity contribution in [3.63, 3.8) is 0 Å². The molecule has 1 aliphatic carbocycles. The SMILES string of the molecule is Cc1cc(C(=O)NS(=O)(=O)C2CCC(C(F)(F)F)CC2)cc(=O)[nH]1. The molecule has 134 valence electrons. The summed E-state index contributed by atoms with van der Waals surface area (Å²) < 4.78 is 64.1. The molecule has 1 heterocycles. The fourth-order valence-electron chi connectivity index (χ4n) is 2.79. The van der Waals surface area contributed by atoms with E-state index < -0.39 is 38.8 Å². The molecule has 1 saturated carbocycles. The monoisotopic (exact) mass is 366 g/mol. The van der Waals surface area contributed by atoms with E-state index in [4.69, 9.17) is 0 Å². The van der Waals surface area contributed by atoms with Gasteiger partial charge < -0.3 is 4.98 Å². The Hall–Kier alpha value is -1.84. The number of aromatic nitrogens is 1. The number of nitrogens with one attached hydrogen (secondary N) is 2. The lowest BCUT2D eigenvalue weighted by molar-refractivity contribution is -0.181. The molecule has 0 aliphatic heterocycles. The van der Waals surface area contributed by atoms with Crippen molar-refractivity contribution in [3.05, 3.63) is 33.7 Å². The second-order valence-electron chi connectivity index (χ2n) is 5.91. The summed E-state index contributed by atoms with van der Waals surface area (Å²) in [7, 11) is -4.10. The molecule has 1 amide bonds. The van der Waals surface area contributed by atoms with Gasteiger partial charge in [-0.05, 0) is 38.7 Å². The second-order valence-corrected chi connectivity index (χ2v) is 7.87. The van der Waals surface area contributed by atoms with Crippen LogP contribution in [0.15, 0.2) is 16.9 Å². The molecule has 0 saturated heterocycles. The second kappa shape index (κ2) is 6.58. The normalized spacial score (nSPS) is 22.2. The molecular weight excluding hydrogens is 349 g/mol. The van der Waals surface area contributed by atoms with Crippen LogP contribution in [0, 0.1) is 12.8 Å². The van der Waals surface area contributed by atoms with E-state index in [9.17, 15) is 31.2 Å². The highest BCUT2D eigenvalue weighted by atomic mass is 32.2. The van der Waals surface area contributed by atoms with E-state index in [-0.39, 0.29) is 31.2 Å². The fourth-order valence-corrected chi connectivity index (χ4v) is 4.22. The number of amides is 1. The van der Waals surface area contributed by atoms with Gasteiger partial charge in [0.15, 0.2) is 0 Å². The number of sulfonamides is 1. The molecule has 0 unspecified atom stereocenters. The van der Waals surface area contributed by atoms with Crippen LogP contribution in [0.3, 0.4) is 0 Å². The van der Waals surface area contributed by atoms with Crippen LogP contribution >= 0.6 is 0 Å². The minimum atomic E-state index is -4.33. The number of H-pyrrole nitrogens is 1. The van der Waals surface area contributed by atoms with E-state index in [0.717, 1.165) is 6.07 Å². The van der Waals surface area contributed by atoms with E-state index in [1.807, 2.05) is 4.72 Å². The Morgan fingerprint density at radius 3 is 2.29 bits per heavy atom. The van der Waals surface area contributed by atoms with Gasteiger partial charge in [0.2, 0.25) is 15.6 Å². The maximum Gasteiger partial charge on any atom is 0.391 e. The summed E-state index contributed by atoms with van der Waals surface area (Å²) in [6, 6.07) is 2.27. The first-order chi connectivity index (χ1) is 11.0. The van der Waals surface area contributed by atoms with E-state index in [2.05, 4.69) is 4.98 Å². The van der Waals surface area contributed by atoms with Crippen LogP contribution in [0.2, 0.25) is 0 Å². The highest BCUT2D eigenvalue weighted by Crippen LogP contribution is 2.38. The van der Waals surface area contributed by atoms with Gasteiger partial charge in [-0.3, -0.25) is 9.59 Å². The van der Waals surface area contributed by atoms with Crippen LogP contribution in [-0.4, -0.2) is 30.7 Å². The number of carbonyl (C=O) groups is 1. The molecule has 1 aromatic rings. The molecule has 6 nitrogen and oxygen atoms in total. The van der Waals surface area contributed by atoms with Crippen LogP contribution in [0.4, 0.5) is 13.2 Å². The Morgan fingerprint density at radius 2 is 1.79 bits per heavy atom. The smallest absolute Gasteiger partial charge is 0.326 e. The zero-order valence-corrected chi connectivity index (χ0v) is 13.6. The third-order valence-corrected chi connectivity index (χ3v) is 5.87. The van der Waals surface area contributed by atoms with Crippen molar-refractivity contribution in [2.24, 2.45) is 5.92 Å². The zero-order chi connectivity index (χ0) is 18.1. The van der Waals surface area contributed by atoms with Gasteiger partial charge in [-0.25, -0.2) is 13.1 Å². The molecule has 1 aliphatic rings. The Labute approximate surface area is 136 Å². The first-order valence-corrected chi connectivity index (χ1v) is 8.87. The molecule has 0 bridgehead atoms. The number of hydrogen-bond acceptors (Lipinski definition) is 4. The molecule has 0 spiro atoms. The fraction of sp³-hybridized carbons (Fsp3) is 0.571. The number of hydrogen-bond donors (Lipinski definition) is 2. The number of halogens is 3. The van der Waals surface area contributed by atoms with E-state index >= 15 is 0 Å². The van der Waals surface area contributed by atoms with E-state index in [1.54, 1.807) is 0 Å². The largest absolute Gasteiger partial charge is 0.391 e. The summed E-state index contributed by atoms with van der Waals surface area (Å²) in [6.07, 6.45) is -5.23. The van der Waals surface area contributed by atoms with Gasteiger partial charge in [0.1, 0.15) is 0 Å². The van der Waals surface area contributed by atoms with Crippen molar-refractivity contribution in [1.82, 2.24) is 9.71 Å². The van der Waals surface area contributed by atoms with Gasteiger partial charge in [0.25, 0.3) is 5.91 Å². The Kier molecular flexibility index (Phi) is 5.07. The third-order valence-electron chi connectivity index (χ3n) is 4.05. The molecule has 10 heteroatoms. The summed E-state index contributed by atoms with van der Waals surface area (Å²) in [5.41, 5.74) is -0.289. The quantitative estimate of drug-likeness (QED) is 0.853. The molecule has 2 rings (SSSR count). The Morgan fingerprint density at radius 1 is 1.21 bits per heavy atom. The molecule has 0 aromatic carbocycles. The summed E-state index contributed by atoms with van der Waals surface area (Å²) in [6.45, 7) is 1.53. The maximum atomic E-state index is 12.6. The minimum absolute atomic E-state index is 0.121. The number of aryl methyl sites for hydroxylation is 1. The van der Waals surface area contributed by atoms with Crippen molar-refractivity contribution in [1.29, 1.82) is 0 Å². The van der Waals surface area contributed by atoms with Gasteiger partial charge >= 0.3 is 6.18 Å². The summed E-state index contributed by atoms with van der Waals surface area (Å²) in [5, 5.41) is -1.05. The van der Waals surface area contributed by atoms with Crippen molar-refractivity contribution in [2.45, 2.75) is 44.0 Å². The molecular formula is C14H17F3N2O4S. The van der Waals surface area contributed by atoms with Crippen molar-refractivity contribution < 1.29 is 26.4 Å². The van der Waals surface area contributed by atoms with Crippen LogP contribution in [0.1, 0.15) is 41.7 Å². The molecule has 2 N–H and O–H groups in total. The predicted octanol–water partition coefficient (Wildman–Crippen LogP) is 1.86. The number of pyridine rings is 1. The van der Waals surface area contributed by atoms with Gasteiger partial charge in [0.05, 0.1) is 11.2 Å². The van der Waals surface area contributed by atoms with Crippen LogP contribution in [-0.2, 0) is 10.0 Å². The average molecular weight is 366 g/mol. The predicted molar refractivity (Wildman–Crippen MR) is 80.0 cm³/mol. The first kappa shape index (κ1) is 18.5. The number of alkyl halides is 3. The maximum absolute atomic E-state index is 12.6. The van der Waals surface area contributed by atoms with E-state index in [1.165, 1.54) is 13.0 Å². The van der Waals surface area contributed by atoms with Gasteiger partial charge in [-0.15, -0.1) is 0 Å². The van der Waals surface area contributed by atoms with Crippen LogP contribution in [0.25, 0.3) is 0 Å². The highest BCUT2D eigenvalue weighted by Gasteiger charge is 2.43. The summed E-state index contributed by atoms with van der Waals surface area (Å²) in [5.74, 6) is -2.47. The third kappa shape index (κ3) is 4.37. The number of rotatable bonds is 3. The average Bonchev–Trinajstić information content (AvgIpc) is 2.45. The Balaban J connectivity index is 2.06. The summed E-state index contributed by atoms with van der Waals surface area (Å²) in [4.78, 5) is 25.7. The van der Waals surface area contributed by atoms with Gasteiger partial charge in [0, 0.05) is 17.3 Å². The molecule has 0 atom stereocenters. The van der Waals surface area contributed by atoms with Crippen molar-refractivity contribution >= 4 is 15.9 Å². The molecule has 1 aromatic heterocycles. The lowest BCUT2D eigenvalue weighted by atomic mass is 9.88. The van der Waals surface area contributed by atoms with Crippen LogP contribution < -0.4 is 10.3 Å². The summed E-state index contributed by atoms with van der Waals surface area (Å²) >= 11 is 0. The zero-order valence-electron chi connectivity index (χ0n) is 12.8. The van der Waals surface area contributed by atoms with Crippen molar-refractivity contribution in [2.75, 3.05) is 0 Å². The lowest BCUT2D eigenvalue weighted by Crippen LogP contribution is -2.41. The number of aromatic amines is 1. The molecule has 0 radical (unpaired) electrons. The highest BCUT2D eigenvalue weighted by molar-refractivity contribution is 7.90. The van der Waals surface area contributed by atoms with Gasteiger partial charge in [-0.1, -0.05) is 0 Å². The van der Waals surface area contributed by atoms with Crippen LogP contribution in [0.5, 0.6) is 0 Å². The minimum Gasteiger partial charge on any atom is -0.326 e. The molecule has 24 heavy (non-hydrogen) atoms. The standard InChI is InChI=1S/C14H17F3N2O4S/c1-8-6-9(7-12(20)18-8)13(21)19-24(22,23)11-4-2-10(3-5-11)14(15,16)17/h6-7,10-11H,2-5H2,1H3,(H,18,20)(H,19,21). The first-order valence-electron chi connectivity index (χ1n) is 7.32. The number of carbonyl (C=O) groups excluding carboxylic acids is 1. The topological polar surface area (TPSA) is 96.1 Å². The lowest BCUT2D eigenvalue weighted by Gasteiger charge is -2.29. The van der Waals surface area contributed by atoms with E-state index in [0.29, 0.717) is 5.69 Å². The van der Waals surface area contributed by atoms with Crippen molar-refractivity contribution in [3.8, 4) is 0 Å².